The average molecular weight is 261 g/mol. The number of pyridine rings is 1. The van der Waals surface area contributed by atoms with E-state index in [1.165, 1.54) is 4.90 Å². The van der Waals surface area contributed by atoms with E-state index >= 15 is 0 Å². The van der Waals surface area contributed by atoms with E-state index in [9.17, 15) is 9.59 Å². The fourth-order valence-corrected chi connectivity index (χ4v) is 2.15. The van der Waals surface area contributed by atoms with Gasteiger partial charge in [0.1, 0.15) is 0 Å². The highest BCUT2D eigenvalue weighted by Crippen LogP contribution is 2.12. The fourth-order valence-electron chi connectivity index (χ4n) is 2.15. The van der Waals surface area contributed by atoms with Crippen molar-refractivity contribution in [1.82, 2.24) is 15.2 Å². The summed E-state index contributed by atoms with van der Waals surface area (Å²) in [6, 6.07) is 3.92. The highest BCUT2D eigenvalue weighted by Gasteiger charge is 2.24. The fraction of sp³-hybridized carbons (Fsp3) is 0.500. The van der Waals surface area contributed by atoms with Gasteiger partial charge in [-0.2, -0.15) is 0 Å². The molecule has 2 heterocycles. The largest absolute Gasteiger partial charge is 0.313 e. The Morgan fingerprint density at radius 1 is 1.26 bits per heavy atom. The first-order valence-corrected chi connectivity index (χ1v) is 6.70. The molecule has 0 bridgehead atoms. The van der Waals surface area contributed by atoms with E-state index in [0.29, 0.717) is 25.8 Å². The maximum atomic E-state index is 11.6. The molecule has 1 fully saturated rings. The van der Waals surface area contributed by atoms with E-state index in [-0.39, 0.29) is 11.8 Å². The lowest BCUT2D eigenvalue weighted by Gasteiger charge is -2.24. The summed E-state index contributed by atoms with van der Waals surface area (Å²) in [6.07, 6.45) is 6.08. The molecule has 1 N–H and O–H groups in total. The summed E-state index contributed by atoms with van der Waals surface area (Å²) in [5.74, 6) is -0.0491. The van der Waals surface area contributed by atoms with E-state index in [1.807, 2.05) is 18.3 Å². The van der Waals surface area contributed by atoms with Gasteiger partial charge in [0, 0.05) is 38.3 Å². The number of nitrogens with zero attached hydrogens (tertiary/aromatic N) is 2. The van der Waals surface area contributed by atoms with Crippen LogP contribution in [0.25, 0.3) is 0 Å². The highest BCUT2D eigenvalue weighted by atomic mass is 16.2. The topological polar surface area (TPSA) is 62.3 Å². The first-order chi connectivity index (χ1) is 9.27. The number of nitrogens with one attached hydrogen (secondary N) is 1. The molecule has 2 rings (SSSR count). The molecule has 0 aromatic carbocycles. The Balaban J connectivity index is 1.64. The third-order valence-corrected chi connectivity index (χ3v) is 3.17. The minimum atomic E-state index is -0.0245. The zero-order valence-corrected chi connectivity index (χ0v) is 11.0. The predicted molar refractivity (Wildman–Crippen MR) is 71.1 cm³/mol. The van der Waals surface area contributed by atoms with Crippen molar-refractivity contribution in [3.05, 3.63) is 30.1 Å². The van der Waals surface area contributed by atoms with Gasteiger partial charge in [-0.3, -0.25) is 19.5 Å². The van der Waals surface area contributed by atoms with Gasteiger partial charge in [0.25, 0.3) is 0 Å². The van der Waals surface area contributed by atoms with E-state index in [4.69, 9.17) is 0 Å². The quantitative estimate of drug-likeness (QED) is 0.615. The molecule has 1 aromatic rings. The van der Waals surface area contributed by atoms with Gasteiger partial charge < -0.3 is 5.32 Å². The second kappa shape index (κ2) is 6.99. The molecule has 1 aliphatic rings. The van der Waals surface area contributed by atoms with Gasteiger partial charge in [0.05, 0.1) is 0 Å². The Labute approximate surface area is 113 Å². The smallest absolute Gasteiger partial charge is 0.229 e. The van der Waals surface area contributed by atoms with Crippen LogP contribution in [0.15, 0.2) is 24.5 Å². The van der Waals surface area contributed by atoms with Gasteiger partial charge in [-0.05, 0) is 31.0 Å². The Kier molecular flexibility index (Phi) is 5.03. The first kappa shape index (κ1) is 13.7. The van der Waals surface area contributed by atoms with Crippen LogP contribution in [0.4, 0.5) is 0 Å². The van der Waals surface area contributed by atoms with Gasteiger partial charge in [-0.1, -0.05) is 6.07 Å². The summed E-state index contributed by atoms with van der Waals surface area (Å²) in [4.78, 5) is 28.6. The molecular weight excluding hydrogens is 242 g/mol. The molecule has 19 heavy (non-hydrogen) atoms. The van der Waals surface area contributed by atoms with Crippen LogP contribution in [0.5, 0.6) is 0 Å². The number of aromatic nitrogens is 1. The molecule has 0 atom stereocenters. The van der Waals surface area contributed by atoms with Crippen LogP contribution < -0.4 is 5.32 Å². The van der Waals surface area contributed by atoms with Gasteiger partial charge in [0.15, 0.2) is 0 Å². The molecule has 0 spiro atoms. The number of carbonyl (C=O) groups is 2. The Bertz CT molecular complexity index is 418. The number of amides is 2. The van der Waals surface area contributed by atoms with Crippen molar-refractivity contribution >= 4 is 11.8 Å². The molecule has 5 heteroatoms. The zero-order valence-electron chi connectivity index (χ0n) is 11.0. The Morgan fingerprint density at radius 3 is 2.74 bits per heavy atom. The van der Waals surface area contributed by atoms with E-state index in [2.05, 4.69) is 10.3 Å². The maximum absolute atomic E-state index is 11.6. The van der Waals surface area contributed by atoms with Crippen molar-refractivity contribution < 1.29 is 9.59 Å². The van der Waals surface area contributed by atoms with Crippen LogP contribution in [0.2, 0.25) is 0 Å². The van der Waals surface area contributed by atoms with Gasteiger partial charge >= 0.3 is 0 Å². The summed E-state index contributed by atoms with van der Waals surface area (Å²) in [5.41, 5.74) is 1.13. The van der Waals surface area contributed by atoms with Crippen molar-refractivity contribution in [1.29, 1.82) is 0 Å². The normalized spacial score (nSPS) is 15.9. The molecule has 1 saturated heterocycles. The molecule has 1 aliphatic heterocycles. The molecule has 5 nitrogen and oxygen atoms in total. The molecule has 0 aliphatic carbocycles. The lowest BCUT2D eigenvalue weighted by atomic mass is 10.1. The summed E-state index contributed by atoms with van der Waals surface area (Å²) in [7, 11) is 0. The standard InChI is InChI=1S/C14H19N3O2/c18-13-5-1-6-14(19)17(13)9-3-8-16-11-12-4-2-7-15-10-12/h2,4,7,10,16H,1,3,5-6,8-9,11H2. The molecule has 1 aromatic heterocycles. The van der Waals surface area contributed by atoms with E-state index in [1.54, 1.807) is 6.20 Å². The van der Waals surface area contributed by atoms with Crippen LogP contribution in [0.1, 0.15) is 31.2 Å². The number of rotatable bonds is 6. The lowest BCUT2D eigenvalue weighted by molar-refractivity contribution is -0.147. The number of imide groups is 1. The van der Waals surface area contributed by atoms with Crippen molar-refractivity contribution in [3.63, 3.8) is 0 Å². The second-order valence-corrected chi connectivity index (χ2v) is 4.68. The number of carbonyl (C=O) groups excluding carboxylic acids is 2. The summed E-state index contributed by atoms with van der Waals surface area (Å²) < 4.78 is 0. The van der Waals surface area contributed by atoms with E-state index in [0.717, 1.165) is 25.1 Å². The van der Waals surface area contributed by atoms with Gasteiger partial charge in [-0.15, -0.1) is 0 Å². The summed E-state index contributed by atoms with van der Waals surface area (Å²) >= 11 is 0. The number of hydrogen-bond donors (Lipinski definition) is 1. The lowest BCUT2D eigenvalue weighted by Crippen LogP contribution is -2.41. The SMILES string of the molecule is O=C1CCCC(=O)N1CCCNCc1cccnc1. The third kappa shape index (κ3) is 4.13. The Hall–Kier alpha value is -1.75. The second-order valence-electron chi connectivity index (χ2n) is 4.68. The van der Waals surface area contributed by atoms with Gasteiger partial charge in [0.2, 0.25) is 11.8 Å². The third-order valence-electron chi connectivity index (χ3n) is 3.17. The summed E-state index contributed by atoms with van der Waals surface area (Å²) in [6.45, 7) is 2.07. The van der Waals surface area contributed by atoms with Gasteiger partial charge in [-0.25, -0.2) is 0 Å². The zero-order chi connectivity index (χ0) is 13.5. The van der Waals surface area contributed by atoms with Crippen molar-refractivity contribution in [2.45, 2.75) is 32.2 Å². The van der Waals surface area contributed by atoms with Crippen molar-refractivity contribution in [2.24, 2.45) is 0 Å². The predicted octanol–water partition coefficient (Wildman–Crippen LogP) is 1.10. The first-order valence-electron chi connectivity index (χ1n) is 6.70. The van der Waals surface area contributed by atoms with Crippen LogP contribution in [-0.4, -0.2) is 34.8 Å². The monoisotopic (exact) mass is 261 g/mol. The molecule has 102 valence electrons. The molecule has 0 saturated carbocycles. The average Bonchev–Trinajstić information content (AvgIpc) is 2.42. The van der Waals surface area contributed by atoms with Crippen LogP contribution in [0.3, 0.4) is 0 Å². The van der Waals surface area contributed by atoms with Crippen molar-refractivity contribution in [3.8, 4) is 0 Å². The van der Waals surface area contributed by atoms with Crippen molar-refractivity contribution in [2.75, 3.05) is 13.1 Å². The minimum Gasteiger partial charge on any atom is -0.313 e. The van der Waals surface area contributed by atoms with E-state index < -0.39 is 0 Å². The minimum absolute atomic E-state index is 0.0245. The molecular formula is C14H19N3O2. The molecule has 0 unspecified atom stereocenters. The van der Waals surface area contributed by atoms with Crippen LogP contribution >= 0.6 is 0 Å². The maximum Gasteiger partial charge on any atom is 0.229 e. The molecule has 2 amide bonds. The van der Waals surface area contributed by atoms with Crippen LogP contribution in [0, 0.1) is 0 Å². The number of hydrogen-bond acceptors (Lipinski definition) is 4. The summed E-state index contributed by atoms with van der Waals surface area (Å²) in [5, 5.41) is 3.28. The Morgan fingerprint density at radius 2 is 2.05 bits per heavy atom. The van der Waals surface area contributed by atoms with Crippen LogP contribution in [-0.2, 0) is 16.1 Å². The number of likely N-dealkylation sites (tertiary alicyclic amines) is 1. The molecule has 0 radical (unpaired) electrons. The number of piperidine rings is 1. The highest BCUT2D eigenvalue weighted by molar-refractivity contribution is 5.97.